The molecule has 0 aromatic heterocycles. The van der Waals surface area contributed by atoms with Crippen LogP contribution in [0.4, 0.5) is 0 Å². The van der Waals surface area contributed by atoms with Crippen LogP contribution in [0, 0.1) is 10.1 Å². The van der Waals surface area contributed by atoms with Crippen LogP contribution in [0.1, 0.15) is 90.4 Å². The molecule has 4 nitrogen and oxygen atoms in total. The van der Waals surface area contributed by atoms with Crippen LogP contribution in [0.5, 0.6) is 0 Å². The highest BCUT2D eigenvalue weighted by Gasteiger charge is 2.14. The Balaban J connectivity index is 3.60. The number of aldehydes is 1. The van der Waals surface area contributed by atoms with Crippen LogP contribution in [0.2, 0.25) is 0 Å². The molecule has 0 rings (SSSR count). The second kappa shape index (κ2) is 16.2. The predicted molar refractivity (Wildman–Crippen MR) is 91.7 cm³/mol. The van der Waals surface area contributed by atoms with Gasteiger partial charge in [-0.05, 0) is 31.8 Å². The molecule has 0 fully saturated rings. The quantitative estimate of drug-likeness (QED) is 0.125. The lowest BCUT2D eigenvalue weighted by Gasteiger charge is -2.04. The summed E-state index contributed by atoms with van der Waals surface area (Å²) in [6.07, 6.45) is 18.3. The highest BCUT2D eigenvalue weighted by molar-refractivity contribution is 5.48. The summed E-state index contributed by atoms with van der Waals surface area (Å²) in [4.78, 5) is 20.9. The molecule has 0 radical (unpaired) electrons. The smallest absolute Gasteiger partial charge is 0.231 e. The summed E-state index contributed by atoms with van der Waals surface area (Å²) < 4.78 is 0. The molecule has 0 aromatic carbocycles. The van der Waals surface area contributed by atoms with Crippen LogP contribution >= 0.6 is 0 Å². The second-order valence-corrected chi connectivity index (χ2v) is 6.00. The Labute approximate surface area is 135 Å². The third-order valence-electron chi connectivity index (χ3n) is 3.93. The van der Waals surface area contributed by atoms with Gasteiger partial charge in [0.15, 0.2) is 0 Å². The monoisotopic (exact) mass is 311 g/mol. The van der Waals surface area contributed by atoms with Gasteiger partial charge in [0.25, 0.3) is 0 Å². The zero-order valence-electron chi connectivity index (χ0n) is 14.2. The molecule has 0 amide bonds. The van der Waals surface area contributed by atoms with Crippen molar-refractivity contribution in [1.29, 1.82) is 0 Å². The van der Waals surface area contributed by atoms with E-state index in [-0.39, 0.29) is 4.92 Å². The summed E-state index contributed by atoms with van der Waals surface area (Å²) in [5, 5.41) is 10.9. The molecule has 0 bridgehead atoms. The van der Waals surface area contributed by atoms with Gasteiger partial charge in [-0.15, -0.1) is 0 Å². The third kappa shape index (κ3) is 13.8. The van der Waals surface area contributed by atoms with E-state index in [1.54, 1.807) is 6.08 Å². The Bertz CT molecular complexity index is 303. The number of nitrogens with zero attached hydrogens (tertiary/aromatic N) is 1. The van der Waals surface area contributed by atoms with Crippen molar-refractivity contribution < 1.29 is 9.72 Å². The van der Waals surface area contributed by atoms with Crippen molar-refractivity contribution in [2.24, 2.45) is 0 Å². The van der Waals surface area contributed by atoms with E-state index in [9.17, 15) is 14.9 Å². The molecule has 0 saturated carbocycles. The van der Waals surface area contributed by atoms with E-state index >= 15 is 0 Å². The summed E-state index contributed by atoms with van der Waals surface area (Å²) in [5.41, 5.74) is 0. The van der Waals surface area contributed by atoms with Gasteiger partial charge in [0.1, 0.15) is 6.29 Å². The number of unbranched alkanes of at least 4 members (excludes halogenated alkanes) is 10. The van der Waals surface area contributed by atoms with Crippen LogP contribution in [0.25, 0.3) is 0 Å². The van der Waals surface area contributed by atoms with E-state index in [0.717, 1.165) is 32.0 Å². The zero-order valence-corrected chi connectivity index (χ0v) is 14.2. The Hall–Kier alpha value is -1.19. The largest absolute Gasteiger partial charge is 0.303 e. The molecule has 0 saturated heterocycles. The maximum atomic E-state index is 10.9. The first-order valence-electron chi connectivity index (χ1n) is 8.96. The first-order chi connectivity index (χ1) is 10.7. The summed E-state index contributed by atoms with van der Waals surface area (Å²) in [5.74, 6) is 0. The van der Waals surface area contributed by atoms with Gasteiger partial charge in [-0.2, -0.15) is 0 Å². The van der Waals surface area contributed by atoms with Crippen LogP contribution in [0.3, 0.4) is 0 Å². The van der Waals surface area contributed by atoms with Crippen LogP contribution < -0.4 is 0 Å². The lowest BCUT2D eigenvalue weighted by atomic mass is 10.1. The van der Waals surface area contributed by atoms with E-state index in [1.807, 2.05) is 6.08 Å². The van der Waals surface area contributed by atoms with Gasteiger partial charge in [0.2, 0.25) is 6.04 Å². The lowest BCUT2D eigenvalue weighted by Crippen LogP contribution is -2.16. The fraction of sp³-hybridized carbons (Fsp3) is 0.833. The lowest BCUT2D eigenvalue weighted by molar-refractivity contribution is -0.510. The fourth-order valence-corrected chi connectivity index (χ4v) is 2.50. The standard InChI is InChI=1S/C18H33NO3/c1-2-3-4-5-6-7-8-9-10-12-15-18(19(21)22)16-13-11-14-17-20/h12,15,17-18H,2-11,13-14,16H2,1H3/b15-12+. The van der Waals surface area contributed by atoms with E-state index in [1.165, 1.54) is 44.9 Å². The number of allylic oxidation sites excluding steroid dienone is 1. The van der Waals surface area contributed by atoms with Gasteiger partial charge in [-0.3, -0.25) is 10.1 Å². The molecule has 0 aliphatic rings. The minimum Gasteiger partial charge on any atom is -0.303 e. The van der Waals surface area contributed by atoms with Gasteiger partial charge < -0.3 is 4.79 Å². The van der Waals surface area contributed by atoms with Crippen molar-refractivity contribution >= 4 is 6.29 Å². The molecule has 1 unspecified atom stereocenters. The SMILES string of the molecule is CCCCCCCCCC/C=C/C(CCCCC=O)[N+](=O)[O-]. The van der Waals surface area contributed by atoms with Gasteiger partial charge in [-0.25, -0.2) is 0 Å². The van der Waals surface area contributed by atoms with Crippen molar-refractivity contribution in [3.05, 3.63) is 22.3 Å². The summed E-state index contributed by atoms with van der Waals surface area (Å²) in [6, 6.07) is -0.583. The molecular formula is C18H33NO3. The van der Waals surface area contributed by atoms with Gasteiger partial charge >= 0.3 is 0 Å². The summed E-state index contributed by atoms with van der Waals surface area (Å²) in [6.45, 7) is 2.23. The first kappa shape index (κ1) is 20.8. The molecule has 128 valence electrons. The maximum absolute atomic E-state index is 10.9. The van der Waals surface area contributed by atoms with E-state index in [4.69, 9.17) is 0 Å². The third-order valence-corrected chi connectivity index (χ3v) is 3.93. The van der Waals surface area contributed by atoms with Crippen molar-refractivity contribution in [3.63, 3.8) is 0 Å². The zero-order chi connectivity index (χ0) is 16.5. The van der Waals surface area contributed by atoms with E-state index in [0.29, 0.717) is 12.8 Å². The average Bonchev–Trinajstić information content (AvgIpc) is 2.50. The molecular weight excluding hydrogens is 278 g/mol. The Morgan fingerprint density at radius 1 is 0.909 bits per heavy atom. The van der Waals surface area contributed by atoms with E-state index < -0.39 is 6.04 Å². The van der Waals surface area contributed by atoms with Crippen molar-refractivity contribution in [2.75, 3.05) is 0 Å². The molecule has 1 atom stereocenters. The normalized spacial score (nSPS) is 12.6. The number of hydrogen-bond donors (Lipinski definition) is 0. The molecule has 0 heterocycles. The Morgan fingerprint density at radius 3 is 2.09 bits per heavy atom. The fourth-order valence-electron chi connectivity index (χ4n) is 2.50. The Morgan fingerprint density at radius 2 is 1.50 bits per heavy atom. The second-order valence-electron chi connectivity index (χ2n) is 6.00. The minimum atomic E-state index is -0.583. The number of carbonyl (C=O) groups is 1. The molecule has 0 aromatic rings. The summed E-state index contributed by atoms with van der Waals surface area (Å²) >= 11 is 0. The van der Waals surface area contributed by atoms with Gasteiger partial charge in [0, 0.05) is 17.8 Å². The Kier molecular flexibility index (Phi) is 15.3. The number of rotatable bonds is 16. The number of carbonyl (C=O) groups excluding carboxylic acids is 1. The molecule has 4 heteroatoms. The van der Waals surface area contributed by atoms with Crippen LogP contribution in [-0.4, -0.2) is 17.3 Å². The molecule has 0 aliphatic heterocycles. The minimum absolute atomic E-state index is 0.217. The van der Waals surface area contributed by atoms with E-state index in [2.05, 4.69) is 6.92 Å². The molecule has 22 heavy (non-hydrogen) atoms. The van der Waals surface area contributed by atoms with Crippen LogP contribution in [-0.2, 0) is 4.79 Å². The van der Waals surface area contributed by atoms with Crippen molar-refractivity contribution in [1.82, 2.24) is 0 Å². The number of hydrogen-bond acceptors (Lipinski definition) is 3. The first-order valence-corrected chi connectivity index (χ1v) is 8.96. The van der Waals surface area contributed by atoms with Crippen molar-refractivity contribution in [3.8, 4) is 0 Å². The average molecular weight is 311 g/mol. The van der Waals surface area contributed by atoms with Crippen molar-refractivity contribution in [2.45, 2.75) is 96.4 Å². The predicted octanol–water partition coefficient (Wildman–Crippen LogP) is 5.48. The molecule has 0 spiro atoms. The summed E-state index contributed by atoms with van der Waals surface area (Å²) in [7, 11) is 0. The van der Waals surface area contributed by atoms with Gasteiger partial charge in [0.05, 0.1) is 0 Å². The van der Waals surface area contributed by atoms with Crippen LogP contribution in [0.15, 0.2) is 12.2 Å². The highest BCUT2D eigenvalue weighted by atomic mass is 16.6. The number of nitro groups is 1. The van der Waals surface area contributed by atoms with Gasteiger partial charge in [-0.1, -0.05) is 57.9 Å². The maximum Gasteiger partial charge on any atom is 0.231 e. The molecule has 0 aliphatic carbocycles. The topological polar surface area (TPSA) is 60.2 Å². The molecule has 0 N–H and O–H groups in total. The highest BCUT2D eigenvalue weighted by Crippen LogP contribution is 2.11.